The molecule has 104 valence electrons. The van der Waals surface area contributed by atoms with E-state index >= 15 is 0 Å². The fourth-order valence-electron chi connectivity index (χ4n) is 1.66. The van der Waals surface area contributed by atoms with Gasteiger partial charge in [0.05, 0.1) is 6.20 Å². The molecule has 0 radical (unpaired) electrons. The number of fused-ring (bicyclic) bond motifs is 1. The van der Waals surface area contributed by atoms with Crippen molar-refractivity contribution in [1.29, 1.82) is 0 Å². The Morgan fingerprint density at radius 2 is 2.20 bits per heavy atom. The second-order valence-electron chi connectivity index (χ2n) is 4.22. The molecule has 0 aliphatic rings. The average molecular weight is 275 g/mol. The minimum Gasteiger partial charge on any atom is -0.384 e. The first-order valence-electron chi connectivity index (χ1n) is 5.73. The van der Waals surface area contributed by atoms with Gasteiger partial charge in [-0.25, -0.2) is 19.6 Å². The minimum absolute atomic E-state index is 0.137. The van der Waals surface area contributed by atoms with E-state index in [1.165, 1.54) is 22.7 Å². The summed E-state index contributed by atoms with van der Waals surface area (Å²) in [6.07, 6.45) is 1.42. The van der Waals surface area contributed by atoms with Crippen molar-refractivity contribution >= 4 is 17.2 Å². The number of carbonyl (C=O) groups is 1. The second-order valence-corrected chi connectivity index (χ2v) is 4.22. The number of rotatable bonds is 0. The number of aryl methyl sites for hydroxylation is 1. The molecule has 0 aromatic carbocycles. The molecule has 20 heavy (non-hydrogen) atoms. The van der Waals surface area contributed by atoms with Crippen molar-refractivity contribution < 1.29 is 9.90 Å². The topological polar surface area (TPSA) is 93.2 Å². The maximum absolute atomic E-state index is 12.1. The van der Waals surface area contributed by atoms with Crippen LogP contribution >= 0.6 is 0 Å². The fraction of sp³-hybridized carbons (Fsp3) is 0.333. The summed E-state index contributed by atoms with van der Waals surface area (Å²) in [5.74, 6) is 5.09. The van der Waals surface area contributed by atoms with E-state index in [-0.39, 0.29) is 18.1 Å². The van der Waals surface area contributed by atoms with Gasteiger partial charge in [0, 0.05) is 21.1 Å². The van der Waals surface area contributed by atoms with Gasteiger partial charge >= 0.3 is 11.7 Å². The first kappa shape index (κ1) is 13.8. The molecule has 1 amide bonds. The molecule has 1 N–H and O–H groups in total. The van der Waals surface area contributed by atoms with Gasteiger partial charge in [-0.15, -0.1) is 0 Å². The molecule has 0 unspecified atom stereocenters. The lowest BCUT2D eigenvalue weighted by atomic mass is 10.5. The number of imidazole rings is 1. The Kier molecular flexibility index (Phi) is 3.54. The third-order valence-corrected chi connectivity index (χ3v) is 2.65. The van der Waals surface area contributed by atoms with E-state index in [9.17, 15) is 9.59 Å². The largest absolute Gasteiger partial charge is 0.384 e. The van der Waals surface area contributed by atoms with Crippen LogP contribution in [-0.4, -0.2) is 55.8 Å². The quantitative estimate of drug-likeness (QED) is 0.623. The SMILES string of the molecule is CN(C)C(=O)n1c(=O)n(C)c2cnc(C#CCO)nc21. The van der Waals surface area contributed by atoms with Crippen LogP contribution in [0.4, 0.5) is 4.79 Å². The number of nitrogens with zero attached hydrogens (tertiary/aromatic N) is 5. The highest BCUT2D eigenvalue weighted by molar-refractivity contribution is 5.86. The van der Waals surface area contributed by atoms with Crippen LogP contribution in [0.3, 0.4) is 0 Å². The molecule has 0 saturated heterocycles. The molecule has 0 spiro atoms. The number of amides is 1. The fourth-order valence-corrected chi connectivity index (χ4v) is 1.66. The Morgan fingerprint density at radius 1 is 1.50 bits per heavy atom. The van der Waals surface area contributed by atoms with Crippen LogP contribution < -0.4 is 5.69 Å². The van der Waals surface area contributed by atoms with Crippen molar-refractivity contribution in [2.75, 3.05) is 20.7 Å². The smallest absolute Gasteiger partial charge is 0.338 e. The van der Waals surface area contributed by atoms with Crippen molar-refractivity contribution in [3.05, 3.63) is 22.5 Å². The third kappa shape index (κ3) is 2.15. The third-order valence-electron chi connectivity index (χ3n) is 2.65. The van der Waals surface area contributed by atoms with Crippen LogP contribution in [-0.2, 0) is 7.05 Å². The summed E-state index contributed by atoms with van der Waals surface area (Å²) in [7, 11) is 4.62. The maximum atomic E-state index is 12.1. The molecule has 0 aliphatic carbocycles. The van der Waals surface area contributed by atoms with Crippen LogP contribution in [0.5, 0.6) is 0 Å². The number of hydrogen-bond donors (Lipinski definition) is 1. The number of carbonyl (C=O) groups excluding carboxylic acids is 1. The molecule has 8 heteroatoms. The van der Waals surface area contributed by atoms with Gasteiger partial charge in [-0.05, 0) is 5.92 Å². The highest BCUT2D eigenvalue weighted by Gasteiger charge is 2.19. The van der Waals surface area contributed by atoms with Crippen LogP contribution in [0.25, 0.3) is 11.2 Å². The van der Waals surface area contributed by atoms with Crippen LogP contribution in [0.15, 0.2) is 11.0 Å². The Morgan fingerprint density at radius 3 is 2.80 bits per heavy atom. The van der Waals surface area contributed by atoms with E-state index in [1.54, 1.807) is 14.1 Å². The zero-order valence-corrected chi connectivity index (χ0v) is 11.3. The van der Waals surface area contributed by atoms with E-state index in [0.717, 1.165) is 4.57 Å². The van der Waals surface area contributed by atoms with Gasteiger partial charge in [0.25, 0.3) is 0 Å². The zero-order valence-electron chi connectivity index (χ0n) is 11.3. The first-order valence-corrected chi connectivity index (χ1v) is 5.73. The molecule has 2 heterocycles. The highest BCUT2D eigenvalue weighted by Crippen LogP contribution is 2.09. The maximum Gasteiger partial charge on any atom is 0.338 e. The molecule has 0 fully saturated rings. The predicted molar refractivity (Wildman–Crippen MR) is 71.2 cm³/mol. The molecule has 2 aromatic rings. The first-order chi connectivity index (χ1) is 9.47. The molecule has 8 nitrogen and oxygen atoms in total. The Balaban J connectivity index is 2.76. The van der Waals surface area contributed by atoms with E-state index in [4.69, 9.17) is 5.11 Å². The second kappa shape index (κ2) is 5.14. The molecule has 0 bridgehead atoms. The van der Waals surface area contributed by atoms with Crippen molar-refractivity contribution in [2.45, 2.75) is 0 Å². The standard InChI is InChI=1S/C12H13N5O3/c1-15(2)11(19)17-10-8(16(3)12(17)20)7-13-9(14-10)5-4-6-18/h7,18H,6H2,1-3H3. The Hall–Kier alpha value is -2.66. The molecule has 2 aromatic heterocycles. The van der Waals surface area contributed by atoms with Gasteiger partial charge in [-0.2, -0.15) is 4.57 Å². The number of aromatic nitrogens is 4. The molecular weight excluding hydrogens is 262 g/mol. The summed E-state index contributed by atoms with van der Waals surface area (Å²) in [6.45, 7) is -0.320. The van der Waals surface area contributed by atoms with Crippen molar-refractivity contribution in [1.82, 2.24) is 24.0 Å². The summed E-state index contributed by atoms with van der Waals surface area (Å²) < 4.78 is 2.25. The van der Waals surface area contributed by atoms with E-state index in [0.29, 0.717) is 5.52 Å². The predicted octanol–water partition coefficient (Wildman–Crippen LogP) is -0.997. The normalized spacial score (nSPS) is 10.2. The van der Waals surface area contributed by atoms with Crippen molar-refractivity contribution in [2.24, 2.45) is 7.05 Å². The summed E-state index contributed by atoms with van der Waals surface area (Å²) in [5.41, 5.74) is 0.119. The summed E-state index contributed by atoms with van der Waals surface area (Å²) in [5, 5.41) is 8.66. The van der Waals surface area contributed by atoms with E-state index in [2.05, 4.69) is 21.8 Å². The van der Waals surface area contributed by atoms with Gasteiger partial charge in [-0.1, -0.05) is 5.92 Å². The summed E-state index contributed by atoms with van der Waals surface area (Å²) in [6, 6.07) is -0.500. The molecular formula is C12H13N5O3. The average Bonchev–Trinajstić information content (AvgIpc) is 2.67. The number of hydrogen-bond acceptors (Lipinski definition) is 5. The van der Waals surface area contributed by atoms with Gasteiger partial charge in [0.2, 0.25) is 5.82 Å². The lowest BCUT2D eigenvalue weighted by Crippen LogP contribution is -2.35. The monoisotopic (exact) mass is 275 g/mol. The van der Waals surface area contributed by atoms with Crippen molar-refractivity contribution in [3.63, 3.8) is 0 Å². The Labute approximate surface area is 114 Å². The lowest BCUT2D eigenvalue weighted by molar-refractivity contribution is 0.219. The molecule has 0 aliphatic heterocycles. The van der Waals surface area contributed by atoms with Crippen LogP contribution in [0.1, 0.15) is 5.82 Å². The molecule has 0 saturated carbocycles. The zero-order chi connectivity index (χ0) is 14.9. The van der Waals surface area contributed by atoms with Gasteiger partial charge in [0.15, 0.2) is 5.65 Å². The van der Waals surface area contributed by atoms with Gasteiger partial charge in [-0.3, -0.25) is 4.57 Å². The molecule has 0 atom stereocenters. The lowest BCUT2D eigenvalue weighted by Gasteiger charge is -2.09. The van der Waals surface area contributed by atoms with Crippen molar-refractivity contribution in [3.8, 4) is 11.8 Å². The van der Waals surface area contributed by atoms with Gasteiger partial charge in [0.1, 0.15) is 12.1 Å². The van der Waals surface area contributed by atoms with E-state index in [1.807, 2.05) is 0 Å². The summed E-state index contributed by atoms with van der Waals surface area (Å²) >= 11 is 0. The molecule has 2 rings (SSSR count). The highest BCUT2D eigenvalue weighted by atomic mass is 16.2. The Bertz CT molecular complexity index is 791. The number of aliphatic hydroxyl groups is 1. The van der Waals surface area contributed by atoms with Crippen LogP contribution in [0.2, 0.25) is 0 Å². The summed E-state index contributed by atoms with van der Waals surface area (Å²) in [4.78, 5) is 33.5. The van der Waals surface area contributed by atoms with Gasteiger partial charge < -0.3 is 10.0 Å². The minimum atomic E-state index is -0.500. The van der Waals surface area contributed by atoms with Crippen LogP contribution in [0, 0.1) is 11.8 Å². The number of aliphatic hydroxyl groups excluding tert-OH is 1. The van der Waals surface area contributed by atoms with E-state index < -0.39 is 11.7 Å².